The topological polar surface area (TPSA) is 19.0 Å². The molecular weight excluding hydrogens is 268 g/mol. The maximum Gasteiger partial charge on any atom is 0.0539 e. The molecule has 0 bridgehead atoms. The summed E-state index contributed by atoms with van der Waals surface area (Å²) in [5.74, 6) is 0. The fraction of sp³-hybridized carbons (Fsp3) is 0.300. The molecule has 1 aromatic heterocycles. The van der Waals surface area contributed by atoms with Crippen LogP contribution in [0.25, 0.3) is 10.9 Å². The molecule has 0 unspecified atom stereocenters. The SMILES string of the molecule is Cc1ccccc1C[C@H]1c2[nH]c3ccccc3c2CCN1C. The van der Waals surface area contributed by atoms with Crippen LogP contribution in [0.2, 0.25) is 0 Å². The van der Waals surface area contributed by atoms with E-state index < -0.39 is 0 Å². The van der Waals surface area contributed by atoms with Crippen LogP contribution in [-0.4, -0.2) is 23.5 Å². The van der Waals surface area contributed by atoms with Gasteiger partial charge in [-0.05, 0) is 49.6 Å². The van der Waals surface area contributed by atoms with Crippen LogP contribution in [0.1, 0.15) is 28.4 Å². The highest BCUT2D eigenvalue weighted by Gasteiger charge is 2.28. The second-order valence-electron chi connectivity index (χ2n) is 6.44. The molecule has 4 rings (SSSR count). The van der Waals surface area contributed by atoms with Crippen LogP contribution in [0.15, 0.2) is 48.5 Å². The lowest BCUT2D eigenvalue weighted by atomic mass is 9.92. The van der Waals surface area contributed by atoms with Crippen LogP contribution in [0.3, 0.4) is 0 Å². The highest BCUT2D eigenvalue weighted by Crippen LogP contribution is 2.35. The van der Waals surface area contributed by atoms with E-state index in [4.69, 9.17) is 0 Å². The maximum atomic E-state index is 3.69. The molecule has 1 atom stereocenters. The van der Waals surface area contributed by atoms with Gasteiger partial charge in [0.05, 0.1) is 6.04 Å². The molecule has 22 heavy (non-hydrogen) atoms. The summed E-state index contributed by atoms with van der Waals surface area (Å²) in [5.41, 5.74) is 7.05. The van der Waals surface area contributed by atoms with Crippen LogP contribution >= 0.6 is 0 Å². The first kappa shape index (κ1) is 13.6. The molecule has 2 heterocycles. The number of H-pyrrole nitrogens is 1. The van der Waals surface area contributed by atoms with E-state index in [1.807, 2.05) is 0 Å². The van der Waals surface area contributed by atoms with E-state index >= 15 is 0 Å². The Balaban J connectivity index is 1.79. The van der Waals surface area contributed by atoms with Crippen molar-refractivity contribution in [1.82, 2.24) is 9.88 Å². The summed E-state index contributed by atoms with van der Waals surface area (Å²) >= 11 is 0. The zero-order valence-electron chi connectivity index (χ0n) is 13.3. The monoisotopic (exact) mass is 290 g/mol. The Labute approximate surface area is 131 Å². The van der Waals surface area contributed by atoms with Crippen molar-refractivity contribution in [3.63, 3.8) is 0 Å². The second-order valence-corrected chi connectivity index (χ2v) is 6.44. The van der Waals surface area contributed by atoms with Gasteiger partial charge in [0, 0.05) is 23.1 Å². The van der Waals surface area contributed by atoms with E-state index in [-0.39, 0.29) is 0 Å². The number of aromatic amines is 1. The molecular formula is C20H22N2. The third kappa shape index (κ3) is 2.15. The maximum absolute atomic E-state index is 3.69. The number of para-hydroxylation sites is 1. The number of hydrogen-bond acceptors (Lipinski definition) is 1. The van der Waals surface area contributed by atoms with Gasteiger partial charge >= 0.3 is 0 Å². The number of nitrogens with one attached hydrogen (secondary N) is 1. The normalized spacial score (nSPS) is 18.5. The predicted octanol–water partition coefficient (Wildman–Crippen LogP) is 4.25. The Morgan fingerprint density at radius 3 is 2.73 bits per heavy atom. The summed E-state index contributed by atoms with van der Waals surface area (Å²) in [5, 5.41) is 1.40. The van der Waals surface area contributed by atoms with E-state index in [9.17, 15) is 0 Å². The van der Waals surface area contributed by atoms with E-state index in [0.717, 1.165) is 19.4 Å². The van der Waals surface area contributed by atoms with Crippen molar-refractivity contribution in [3.05, 3.63) is 70.9 Å². The number of aromatic nitrogens is 1. The van der Waals surface area contributed by atoms with E-state index in [0.29, 0.717) is 6.04 Å². The van der Waals surface area contributed by atoms with Crippen LogP contribution in [0.4, 0.5) is 0 Å². The zero-order valence-corrected chi connectivity index (χ0v) is 13.3. The smallest absolute Gasteiger partial charge is 0.0539 e. The van der Waals surface area contributed by atoms with Gasteiger partial charge in [-0.2, -0.15) is 0 Å². The highest BCUT2D eigenvalue weighted by atomic mass is 15.1. The minimum absolute atomic E-state index is 0.442. The fourth-order valence-corrected chi connectivity index (χ4v) is 3.74. The largest absolute Gasteiger partial charge is 0.357 e. The summed E-state index contributed by atoms with van der Waals surface area (Å²) in [6, 6.07) is 17.9. The molecule has 0 amide bonds. The summed E-state index contributed by atoms with van der Waals surface area (Å²) in [4.78, 5) is 6.18. The van der Waals surface area contributed by atoms with Crippen molar-refractivity contribution < 1.29 is 0 Å². The van der Waals surface area contributed by atoms with Gasteiger partial charge in [-0.15, -0.1) is 0 Å². The quantitative estimate of drug-likeness (QED) is 0.747. The van der Waals surface area contributed by atoms with Crippen LogP contribution in [-0.2, 0) is 12.8 Å². The number of hydrogen-bond donors (Lipinski definition) is 1. The Kier molecular flexibility index (Phi) is 3.27. The molecule has 0 radical (unpaired) electrons. The fourth-order valence-electron chi connectivity index (χ4n) is 3.74. The highest BCUT2D eigenvalue weighted by molar-refractivity contribution is 5.85. The van der Waals surface area contributed by atoms with Crippen LogP contribution < -0.4 is 0 Å². The number of likely N-dealkylation sites (N-methyl/N-ethyl adjacent to an activating group) is 1. The van der Waals surface area contributed by atoms with Gasteiger partial charge in [0.2, 0.25) is 0 Å². The van der Waals surface area contributed by atoms with E-state index in [1.165, 1.54) is 33.3 Å². The number of nitrogens with zero attached hydrogens (tertiary/aromatic N) is 1. The lowest BCUT2D eigenvalue weighted by Gasteiger charge is -2.33. The first-order valence-corrected chi connectivity index (χ1v) is 8.08. The summed E-state index contributed by atoms with van der Waals surface area (Å²) in [6.45, 7) is 3.34. The van der Waals surface area contributed by atoms with E-state index in [1.54, 1.807) is 0 Å². The van der Waals surface area contributed by atoms with Crippen molar-refractivity contribution in [3.8, 4) is 0 Å². The number of benzene rings is 2. The van der Waals surface area contributed by atoms with Gasteiger partial charge in [0.25, 0.3) is 0 Å². The van der Waals surface area contributed by atoms with Gasteiger partial charge in [0.15, 0.2) is 0 Å². The lowest BCUT2D eigenvalue weighted by Crippen LogP contribution is -2.33. The van der Waals surface area contributed by atoms with Gasteiger partial charge in [-0.25, -0.2) is 0 Å². The molecule has 1 N–H and O–H groups in total. The molecule has 3 aromatic rings. The van der Waals surface area contributed by atoms with Crippen molar-refractivity contribution in [2.24, 2.45) is 0 Å². The molecule has 2 heteroatoms. The Morgan fingerprint density at radius 2 is 1.86 bits per heavy atom. The Bertz CT molecular complexity index is 815. The molecule has 0 saturated heterocycles. The first-order chi connectivity index (χ1) is 10.7. The molecule has 112 valence electrons. The standard InChI is InChI=1S/C20H22N2/c1-14-7-3-4-8-15(14)13-19-20-17(11-12-22(19)2)16-9-5-6-10-18(16)21-20/h3-10,19,21H,11-13H2,1-2H3/t19-/m0/s1. The second kappa shape index (κ2) is 5.29. The third-order valence-corrected chi connectivity index (χ3v) is 5.10. The van der Waals surface area contributed by atoms with Crippen LogP contribution in [0, 0.1) is 6.92 Å². The van der Waals surface area contributed by atoms with Gasteiger partial charge < -0.3 is 4.98 Å². The summed E-state index contributed by atoms with van der Waals surface area (Å²) in [6.07, 6.45) is 2.21. The predicted molar refractivity (Wildman–Crippen MR) is 92.3 cm³/mol. The van der Waals surface area contributed by atoms with Crippen molar-refractivity contribution >= 4 is 10.9 Å². The van der Waals surface area contributed by atoms with Crippen LogP contribution in [0.5, 0.6) is 0 Å². The molecule has 0 spiro atoms. The van der Waals surface area contributed by atoms with Crippen molar-refractivity contribution in [2.45, 2.75) is 25.8 Å². The molecule has 2 aromatic carbocycles. The number of fused-ring (bicyclic) bond motifs is 3. The zero-order chi connectivity index (χ0) is 15.1. The minimum Gasteiger partial charge on any atom is -0.357 e. The Morgan fingerprint density at radius 1 is 1.09 bits per heavy atom. The summed E-state index contributed by atoms with van der Waals surface area (Å²) < 4.78 is 0. The average molecular weight is 290 g/mol. The Hall–Kier alpha value is -2.06. The van der Waals surface area contributed by atoms with E-state index in [2.05, 4.69) is 72.4 Å². The molecule has 0 saturated carbocycles. The average Bonchev–Trinajstić information content (AvgIpc) is 2.91. The molecule has 0 aliphatic carbocycles. The minimum atomic E-state index is 0.442. The molecule has 1 aliphatic heterocycles. The number of aryl methyl sites for hydroxylation is 1. The molecule has 2 nitrogen and oxygen atoms in total. The molecule has 1 aliphatic rings. The van der Waals surface area contributed by atoms with Gasteiger partial charge in [0.1, 0.15) is 0 Å². The number of rotatable bonds is 2. The first-order valence-electron chi connectivity index (χ1n) is 8.08. The lowest BCUT2D eigenvalue weighted by molar-refractivity contribution is 0.226. The van der Waals surface area contributed by atoms with Crippen molar-refractivity contribution in [1.29, 1.82) is 0 Å². The van der Waals surface area contributed by atoms with Gasteiger partial charge in [-0.1, -0.05) is 42.5 Å². The van der Waals surface area contributed by atoms with Crippen molar-refractivity contribution in [2.75, 3.05) is 13.6 Å². The van der Waals surface area contributed by atoms with Gasteiger partial charge in [-0.3, -0.25) is 4.90 Å². The molecule has 0 fully saturated rings. The summed E-state index contributed by atoms with van der Waals surface area (Å²) in [7, 11) is 2.25. The third-order valence-electron chi connectivity index (χ3n) is 5.10.